The van der Waals surface area contributed by atoms with Gasteiger partial charge in [0.05, 0.1) is 17.7 Å². The molecule has 0 bridgehead atoms. The molecule has 136 valence electrons. The first-order valence-electron chi connectivity index (χ1n) is 8.57. The molecular weight excluding hydrogens is 352 g/mol. The zero-order valence-corrected chi connectivity index (χ0v) is 15.4. The summed E-state index contributed by atoms with van der Waals surface area (Å²) in [6, 6.07) is 14.3. The van der Waals surface area contributed by atoms with Gasteiger partial charge in [-0.05, 0) is 36.8 Å². The van der Waals surface area contributed by atoms with Gasteiger partial charge in [0, 0.05) is 31.7 Å². The third-order valence-corrected chi connectivity index (χ3v) is 4.81. The van der Waals surface area contributed by atoms with E-state index in [4.69, 9.17) is 16.3 Å². The van der Waals surface area contributed by atoms with E-state index in [1.165, 1.54) is 0 Å². The molecule has 1 aliphatic heterocycles. The quantitative estimate of drug-likeness (QED) is 0.830. The highest BCUT2D eigenvalue weighted by molar-refractivity contribution is 6.34. The van der Waals surface area contributed by atoms with Crippen LogP contribution in [0.2, 0.25) is 5.02 Å². The molecule has 0 aromatic heterocycles. The highest BCUT2D eigenvalue weighted by atomic mass is 35.5. The Morgan fingerprint density at radius 3 is 2.19 bits per heavy atom. The summed E-state index contributed by atoms with van der Waals surface area (Å²) >= 11 is 6.23. The number of halogens is 1. The van der Waals surface area contributed by atoms with Gasteiger partial charge >= 0.3 is 0 Å². The van der Waals surface area contributed by atoms with Crippen molar-refractivity contribution in [3.8, 4) is 5.75 Å². The third kappa shape index (κ3) is 3.99. The van der Waals surface area contributed by atoms with Gasteiger partial charge in [0.15, 0.2) is 0 Å². The van der Waals surface area contributed by atoms with Gasteiger partial charge in [-0.2, -0.15) is 0 Å². The molecule has 0 unspecified atom stereocenters. The van der Waals surface area contributed by atoms with Crippen LogP contribution in [0.5, 0.6) is 5.75 Å². The number of nitrogens with zero attached hydrogens (tertiary/aromatic N) is 2. The highest BCUT2D eigenvalue weighted by Crippen LogP contribution is 2.24. The third-order valence-electron chi connectivity index (χ3n) is 4.50. The maximum Gasteiger partial charge on any atom is 0.255 e. The molecule has 0 radical (unpaired) electrons. The van der Waals surface area contributed by atoms with Crippen LogP contribution in [0.1, 0.15) is 27.1 Å². The van der Waals surface area contributed by atoms with E-state index in [1.54, 1.807) is 35.1 Å². The van der Waals surface area contributed by atoms with Crippen LogP contribution in [-0.4, -0.2) is 54.9 Å². The lowest BCUT2D eigenvalue weighted by atomic mass is 10.2. The normalized spacial score (nSPS) is 14.7. The second-order valence-electron chi connectivity index (χ2n) is 6.15. The van der Waals surface area contributed by atoms with E-state index in [0.29, 0.717) is 48.1 Å². The van der Waals surface area contributed by atoms with Crippen LogP contribution in [0.15, 0.2) is 48.5 Å². The number of methoxy groups -OCH3 is 1. The predicted octanol–water partition coefficient (Wildman–Crippen LogP) is 3.34. The number of carbonyl (C=O) groups excluding carboxylic acids is 2. The van der Waals surface area contributed by atoms with Gasteiger partial charge in [-0.3, -0.25) is 9.59 Å². The number of benzene rings is 2. The summed E-state index contributed by atoms with van der Waals surface area (Å²) in [6.07, 6.45) is 0.734. The fourth-order valence-corrected chi connectivity index (χ4v) is 3.30. The molecule has 2 aromatic carbocycles. The maximum absolute atomic E-state index is 12.8. The summed E-state index contributed by atoms with van der Waals surface area (Å²) in [4.78, 5) is 29.0. The fraction of sp³-hybridized carbons (Fsp3) is 0.300. The molecule has 6 heteroatoms. The van der Waals surface area contributed by atoms with Crippen molar-refractivity contribution < 1.29 is 14.3 Å². The Morgan fingerprint density at radius 2 is 1.58 bits per heavy atom. The Hall–Kier alpha value is -2.53. The van der Waals surface area contributed by atoms with Gasteiger partial charge in [-0.25, -0.2) is 0 Å². The lowest BCUT2D eigenvalue weighted by Gasteiger charge is -2.22. The number of hydrogen-bond donors (Lipinski definition) is 0. The van der Waals surface area contributed by atoms with Crippen LogP contribution < -0.4 is 4.74 Å². The topological polar surface area (TPSA) is 49.9 Å². The van der Waals surface area contributed by atoms with Gasteiger partial charge < -0.3 is 14.5 Å². The first-order valence-corrected chi connectivity index (χ1v) is 8.95. The smallest absolute Gasteiger partial charge is 0.255 e. The predicted molar refractivity (Wildman–Crippen MR) is 101 cm³/mol. The average Bonchev–Trinajstić information content (AvgIpc) is 2.93. The Morgan fingerprint density at radius 1 is 0.923 bits per heavy atom. The first kappa shape index (κ1) is 18.3. The second kappa shape index (κ2) is 8.23. The molecule has 0 saturated carbocycles. The first-order chi connectivity index (χ1) is 12.6. The molecule has 2 aromatic rings. The van der Waals surface area contributed by atoms with Crippen molar-refractivity contribution in [3.05, 3.63) is 64.7 Å². The van der Waals surface area contributed by atoms with E-state index in [1.807, 2.05) is 30.3 Å². The van der Waals surface area contributed by atoms with E-state index in [-0.39, 0.29) is 11.8 Å². The largest absolute Gasteiger partial charge is 0.497 e. The van der Waals surface area contributed by atoms with E-state index in [0.717, 1.165) is 6.42 Å². The van der Waals surface area contributed by atoms with Gasteiger partial charge in [0.2, 0.25) is 0 Å². The molecule has 1 aliphatic rings. The minimum absolute atomic E-state index is 0.00220. The minimum atomic E-state index is -0.119. The molecule has 1 fully saturated rings. The molecule has 3 rings (SSSR count). The number of carbonyl (C=O) groups is 2. The van der Waals surface area contributed by atoms with Crippen LogP contribution >= 0.6 is 11.6 Å². The number of ether oxygens (including phenoxy) is 1. The highest BCUT2D eigenvalue weighted by Gasteiger charge is 2.24. The van der Waals surface area contributed by atoms with E-state index < -0.39 is 0 Å². The van der Waals surface area contributed by atoms with Gasteiger partial charge in [-0.15, -0.1) is 0 Å². The van der Waals surface area contributed by atoms with E-state index >= 15 is 0 Å². The van der Waals surface area contributed by atoms with Crippen LogP contribution in [0.25, 0.3) is 0 Å². The minimum Gasteiger partial charge on any atom is -0.497 e. The SMILES string of the molecule is COc1ccc(C(=O)N2CCCN(C(=O)c3ccccc3)CC2)c(Cl)c1. The van der Waals surface area contributed by atoms with Crippen molar-refractivity contribution >= 4 is 23.4 Å². The zero-order valence-electron chi connectivity index (χ0n) is 14.7. The van der Waals surface area contributed by atoms with Crippen molar-refractivity contribution in [2.45, 2.75) is 6.42 Å². The Labute approximate surface area is 158 Å². The number of amides is 2. The summed E-state index contributed by atoms with van der Waals surface area (Å²) < 4.78 is 5.12. The molecule has 0 atom stereocenters. The summed E-state index contributed by atoms with van der Waals surface area (Å²) in [7, 11) is 1.56. The van der Waals surface area contributed by atoms with Crippen LogP contribution in [0.3, 0.4) is 0 Å². The van der Waals surface area contributed by atoms with Crippen LogP contribution in [0, 0.1) is 0 Å². The molecule has 2 amide bonds. The fourth-order valence-electron chi connectivity index (χ4n) is 3.05. The lowest BCUT2D eigenvalue weighted by Crippen LogP contribution is -2.37. The number of hydrogen-bond acceptors (Lipinski definition) is 3. The average molecular weight is 373 g/mol. The van der Waals surface area contributed by atoms with Crippen molar-refractivity contribution in [1.82, 2.24) is 9.80 Å². The molecule has 0 spiro atoms. The Kier molecular flexibility index (Phi) is 5.78. The van der Waals surface area contributed by atoms with E-state index in [2.05, 4.69) is 0 Å². The zero-order chi connectivity index (χ0) is 18.5. The molecular formula is C20H21ClN2O3. The van der Waals surface area contributed by atoms with Gasteiger partial charge in [0.25, 0.3) is 11.8 Å². The maximum atomic E-state index is 12.8. The van der Waals surface area contributed by atoms with Gasteiger partial charge in [0.1, 0.15) is 5.75 Å². The van der Waals surface area contributed by atoms with Gasteiger partial charge in [-0.1, -0.05) is 29.8 Å². The van der Waals surface area contributed by atoms with Crippen molar-refractivity contribution in [2.75, 3.05) is 33.3 Å². The number of rotatable bonds is 3. The van der Waals surface area contributed by atoms with E-state index in [9.17, 15) is 9.59 Å². The monoisotopic (exact) mass is 372 g/mol. The van der Waals surface area contributed by atoms with Crippen molar-refractivity contribution in [2.24, 2.45) is 0 Å². The standard InChI is InChI=1S/C20H21ClN2O3/c1-26-16-8-9-17(18(21)14-16)20(25)23-11-5-10-22(12-13-23)19(24)15-6-3-2-4-7-15/h2-4,6-9,14H,5,10-13H2,1H3. The summed E-state index contributed by atoms with van der Waals surface area (Å²) in [5.74, 6) is 0.496. The molecule has 0 aliphatic carbocycles. The van der Waals surface area contributed by atoms with Crippen LogP contribution in [0.4, 0.5) is 0 Å². The Bertz CT molecular complexity index is 795. The molecule has 26 heavy (non-hydrogen) atoms. The van der Waals surface area contributed by atoms with Crippen molar-refractivity contribution in [1.29, 1.82) is 0 Å². The Balaban J connectivity index is 1.68. The molecule has 1 heterocycles. The van der Waals surface area contributed by atoms with Crippen molar-refractivity contribution in [3.63, 3.8) is 0 Å². The summed E-state index contributed by atoms with van der Waals surface area (Å²) in [5.41, 5.74) is 1.13. The lowest BCUT2D eigenvalue weighted by molar-refractivity contribution is 0.0719. The summed E-state index contributed by atoms with van der Waals surface area (Å²) in [5, 5.41) is 0.371. The summed E-state index contributed by atoms with van der Waals surface area (Å²) in [6.45, 7) is 2.22. The second-order valence-corrected chi connectivity index (χ2v) is 6.56. The molecule has 1 saturated heterocycles. The molecule has 5 nitrogen and oxygen atoms in total. The van der Waals surface area contributed by atoms with Crippen LogP contribution in [-0.2, 0) is 0 Å². The molecule has 0 N–H and O–H groups in total.